The van der Waals surface area contributed by atoms with Crippen molar-refractivity contribution in [3.8, 4) is 0 Å². The molecule has 1 unspecified atom stereocenters. The Balaban J connectivity index is 2.54. The predicted octanol–water partition coefficient (Wildman–Crippen LogP) is 1.59. The van der Waals surface area contributed by atoms with Crippen molar-refractivity contribution in [2.24, 2.45) is 0 Å². The van der Waals surface area contributed by atoms with Gasteiger partial charge in [0.05, 0.1) is 4.75 Å². The average Bonchev–Trinajstić information content (AvgIpc) is 2.72. The maximum atomic E-state index is 12.0. The van der Waals surface area contributed by atoms with E-state index in [9.17, 15) is 9.59 Å². The van der Waals surface area contributed by atoms with E-state index in [4.69, 9.17) is 5.11 Å². The minimum atomic E-state index is -0.945. The van der Waals surface area contributed by atoms with Gasteiger partial charge in [0.25, 0.3) is 0 Å². The van der Waals surface area contributed by atoms with Crippen molar-refractivity contribution < 1.29 is 14.7 Å². The Labute approximate surface area is 110 Å². The van der Waals surface area contributed by atoms with Crippen LogP contribution in [0.3, 0.4) is 0 Å². The van der Waals surface area contributed by atoms with Gasteiger partial charge in [-0.15, -0.1) is 11.8 Å². The number of carbonyl (C=O) groups is 2. The molecule has 98 valence electrons. The predicted molar refractivity (Wildman–Crippen MR) is 72.7 cm³/mol. The molecular formula is C11H19NO3S2. The monoisotopic (exact) mass is 277 g/mol. The summed E-state index contributed by atoms with van der Waals surface area (Å²) < 4.78 is -0.437. The quantitative estimate of drug-likeness (QED) is 0.772. The molecule has 0 saturated carbocycles. The smallest absolute Gasteiger partial charge is 0.326 e. The summed E-state index contributed by atoms with van der Waals surface area (Å²) in [6, 6.07) is -0.757. The lowest BCUT2D eigenvalue weighted by atomic mass is 10.0. The molecule has 1 aliphatic rings. The van der Waals surface area contributed by atoms with Crippen molar-refractivity contribution >= 4 is 35.4 Å². The first-order chi connectivity index (χ1) is 7.99. The summed E-state index contributed by atoms with van der Waals surface area (Å²) in [5.41, 5.74) is 0. The van der Waals surface area contributed by atoms with E-state index in [1.807, 2.05) is 13.2 Å². The Hall–Kier alpha value is -0.360. The number of carboxylic acid groups (broad SMARTS) is 1. The summed E-state index contributed by atoms with van der Waals surface area (Å²) in [7, 11) is 0. The highest BCUT2D eigenvalue weighted by Crippen LogP contribution is 2.37. The third-order valence-corrected chi connectivity index (χ3v) is 5.08. The second-order valence-electron chi connectivity index (χ2n) is 4.33. The van der Waals surface area contributed by atoms with Gasteiger partial charge in [0, 0.05) is 0 Å². The van der Waals surface area contributed by atoms with E-state index in [1.54, 1.807) is 23.5 Å². The number of hydrogen-bond acceptors (Lipinski definition) is 4. The van der Waals surface area contributed by atoms with Crippen LogP contribution in [0.1, 0.15) is 26.2 Å². The number of hydrogen-bond donors (Lipinski definition) is 2. The molecule has 2 atom stereocenters. The first-order valence-corrected chi connectivity index (χ1v) is 8.04. The van der Waals surface area contributed by atoms with Crippen molar-refractivity contribution in [3.05, 3.63) is 0 Å². The molecule has 1 aliphatic heterocycles. The van der Waals surface area contributed by atoms with E-state index in [1.165, 1.54) is 0 Å². The van der Waals surface area contributed by atoms with Crippen molar-refractivity contribution in [2.75, 3.05) is 17.8 Å². The highest BCUT2D eigenvalue weighted by molar-refractivity contribution is 8.01. The molecule has 1 amide bonds. The average molecular weight is 277 g/mol. The first kappa shape index (κ1) is 14.7. The molecule has 0 bridgehead atoms. The van der Waals surface area contributed by atoms with Crippen molar-refractivity contribution in [2.45, 2.75) is 37.0 Å². The van der Waals surface area contributed by atoms with Crippen LogP contribution in [0.25, 0.3) is 0 Å². The van der Waals surface area contributed by atoms with Gasteiger partial charge in [-0.2, -0.15) is 11.8 Å². The summed E-state index contributed by atoms with van der Waals surface area (Å²) >= 11 is 3.21. The lowest BCUT2D eigenvalue weighted by molar-refractivity contribution is -0.142. The van der Waals surface area contributed by atoms with Crippen LogP contribution in [0.2, 0.25) is 0 Å². The molecule has 1 fully saturated rings. The van der Waals surface area contributed by atoms with Crippen LogP contribution in [0.4, 0.5) is 0 Å². The Morgan fingerprint density at radius 2 is 2.29 bits per heavy atom. The Morgan fingerprint density at radius 3 is 2.76 bits per heavy atom. The zero-order valence-electron chi connectivity index (χ0n) is 10.2. The zero-order valence-corrected chi connectivity index (χ0v) is 11.8. The maximum Gasteiger partial charge on any atom is 0.326 e. The molecule has 6 heteroatoms. The molecule has 0 aromatic rings. The van der Waals surface area contributed by atoms with Gasteiger partial charge in [-0.1, -0.05) is 0 Å². The Kier molecular flexibility index (Phi) is 5.66. The summed E-state index contributed by atoms with van der Waals surface area (Å²) in [5, 5.41) is 11.7. The first-order valence-electron chi connectivity index (χ1n) is 5.66. The highest BCUT2D eigenvalue weighted by Gasteiger charge is 2.38. The van der Waals surface area contributed by atoms with Gasteiger partial charge in [0.2, 0.25) is 5.91 Å². The number of rotatable bonds is 6. The van der Waals surface area contributed by atoms with Gasteiger partial charge in [-0.05, 0) is 43.9 Å². The van der Waals surface area contributed by atoms with Crippen molar-refractivity contribution in [3.63, 3.8) is 0 Å². The van der Waals surface area contributed by atoms with Crippen LogP contribution in [-0.4, -0.2) is 45.5 Å². The molecule has 0 aliphatic carbocycles. The van der Waals surface area contributed by atoms with E-state index in [0.717, 1.165) is 24.3 Å². The third-order valence-electron chi connectivity index (χ3n) is 2.91. The second kappa shape index (κ2) is 6.54. The largest absolute Gasteiger partial charge is 0.480 e. The fourth-order valence-electron chi connectivity index (χ4n) is 1.76. The second-order valence-corrected chi connectivity index (χ2v) is 6.91. The minimum Gasteiger partial charge on any atom is -0.480 e. The number of thioether (sulfide) groups is 2. The number of carboxylic acids is 1. The molecule has 1 saturated heterocycles. The lowest BCUT2D eigenvalue weighted by Crippen LogP contribution is -2.48. The summed E-state index contributed by atoms with van der Waals surface area (Å²) in [6.07, 6.45) is 4.26. The number of nitrogens with one attached hydrogen (secondary N) is 1. The van der Waals surface area contributed by atoms with Crippen LogP contribution in [0, 0.1) is 0 Å². The van der Waals surface area contributed by atoms with E-state index >= 15 is 0 Å². The molecule has 1 heterocycles. The maximum absolute atomic E-state index is 12.0. The van der Waals surface area contributed by atoms with Crippen LogP contribution in [0.15, 0.2) is 0 Å². The highest BCUT2D eigenvalue weighted by atomic mass is 32.2. The number of aliphatic carboxylic acids is 1. The molecular weight excluding hydrogens is 258 g/mol. The fourth-order valence-corrected chi connectivity index (χ4v) is 3.45. The number of carbonyl (C=O) groups excluding carboxylic acids is 1. The fraction of sp³-hybridized carbons (Fsp3) is 0.818. The van der Waals surface area contributed by atoms with Gasteiger partial charge in [0.15, 0.2) is 0 Å². The summed E-state index contributed by atoms with van der Waals surface area (Å²) in [6.45, 7) is 1.90. The van der Waals surface area contributed by atoms with Gasteiger partial charge in [-0.25, -0.2) is 4.79 Å². The van der Waals surface area contributed by atoms with Crippen molar-refractivity contribution in [1.82, 2.24) is 5.32 Å². The van der Waals surface area contributed by atoms with Crippen LogP contribution in [-0.2, 0) is 9.59 Å². The van der Waals surface area contributed by atoms with Crippen LogP contribution in [0.5, 0.6) is 0 Å². The minimum absolute atomic E-state index is 0.131. The Morgan fingerprint density at radius 1 is 1.59 bits per heavy atom. The van der Waals surface area contributed by atoms with Crippen molar-refractivity contribution in [1.29, 1.82) is 0 Å². The molecule has 0 spiro atoms. The number of amides is 1. The van der Waals surface area contributed by atoms with Gasteiger partial charge in [-0.3, -0.25) is 4.79 Å². The van der Waals surface area contributed by atoms with E-state index in [0.29, 0.717) is 6.42 Å². The van der Waals surface area contributed by atoms with Crippen LogP contribution < -0.4 is 5.32 Å². The Bertz CT molecular complexity index is 290. The molecule has 4 nitrogen and oxygen atoms in total. The SMILES string of the molecule is CSCC[C@H](NC(=O)C1(C)CCCS1)C(=O)O. The molecule has 0 radical (unpaired) electrons. The van der Waals surface area contributed by atoms with E-state index < -0.39 is 16.8 Å². The lowest BCUT2D eigenvalue weighted by Gasteiger charge is -2.24. The molecule has 0 aromatic carbocycles. The van der Waals surface area contributed by atoms with Gasteiger partial charge < -0.3 is 10.4 Å². The molecule has 1 rings (SSSR count). The van der Waals surface area contributed by atoms with Gasteiger partial charge >= 0.3 is 5.97 Å². The van der Waals surface area contributed by atoms with E-state index in [2.05, 4.69) is 5.32 Å². The summed E-state index contributed by atoms with van der Waals surface area (Å²) in [5.74, 6) is 0.639. The topological polar surface area (TPSA) is 66.4 Å². The standard InChI is InChI=1S/C11H19NO3S2/c1-11(5-3-6-17-11)10(15)12-8(9(13)14)4-7-16-2/h8H,3-7H2,1-2H3,(H,12,15)(H,13,14)/t8-,11?/m0/s1. The normalized spacial score (nSPS) is 25.5. The van der Waals surface area contributed by atoms with E-state index in [-0.39, 0.29) is 5.91 Å². The molecule has 2 N–H and O–H groups in total. The molecule has 17 heavy (non-hydrogen) atoms. The third kappa shape index (κ3) is 4.10. The van der Waals surface area contributed by atoms with Gasteiger partial charge in [0.1, 0.15) is 6.04 Å². The van der Waals surface area contributed by atoms with Crippen LogP contribution >= 0.6 is 23.5 Å². The zero-order chi connectivity index (χ0) is 12.9. The summed E-state index contributed by atoms with van der Waals surface area (Å²) in [4.78, 5) is 23.1. The molecule has 0 aromatic heterocycles.